The van der Waals surface area contributed by atoms with Crippen LogP contribution in [0.25, 0.3) is 11.3 Å². The lowest BCUT2D eigenvalue weighted by molar-refractivity contribution is 0.215. The number of aromatic nitrogens is 3. The quantitative estimate of drug-likeness (QED) is 0.417. The Morgan fingerprint density at radius 1 is 1.03 bits per heavy atom. The van der Waals surface area contributed by atoms with Crippen LogP contribution in [0.15, 0.2) is 60.0 Å². The van der Waals surface area contributed by atoms with Gasteiger partial charge in [0.25, 0.3) is 0 Å². The number of aliphatic hydroxyl groups excluding tert-OH is 1. The van der Waals surface area contributed by atoms with Gasteiger partial charge in [0.05, 0.1) is 5.69 Å². The summed E-state index contributed by atoms with van der Waals surface area (Å²) in [7, 11) is 0. The van der Waals surface area contributed by atoms with Crippen LogP contribution in [-0.4, -0.2) is 64.3 Å². The molecular formula is C24H26N6OS. The summed E-state index contributed by atoms with van der Waals surface area (Å²) < 4.78 is 0. The number of nitriles is 1. The molecule has 164 valence electrons. The van der Waals surface area contributed by atoms with E-state index in [-0.39, 0.29) is 6.61 Å². The average molecular weight is 447 g/mol. The highest BCUT2D eigenvalue weighted by atomic mass is 32.2. The predicted octanol–water partition coefficient (Wildman–Crippen LogP) is 3.21. The van der Waals surface area contributed by atoms with Crippen LogP contribution in [0.4, 0.5) is 5.82 Å². The van der Waals surface area contributed by atoms with Crippen LogP contribution in [0.3, 0.4) is 0 Å². The molecule has 1 saturated heterocycles. The topological polar surface area (TPSA) is 89.2 Å². The Bertz CT molecular complexity index is 1050. The van der Waals surface area contributed by atoms with E-state index in [1.807, 2.05) is 30.3 Å². The van der Waals surface area contributed by atoms with Gasteiger partial charge in [0.1, 0.15) is 11.6 Å². The summed E-state index contributed by atoms with van der Waals surface area (Å²) >= 11 is 1.57. The van der Waals surface area contributed by atoms with Crippen molar-refractivity contribution >= 4 is 17.6 Å². The van der Waals surface area contributed by atoms with Crippen molar-refractivity contribution in [1.82, 2.24) is 19.9 Å². The minimum atomic E-state index is 0.209. The minimum Gasteiger partial charge on any atom is -0.396 e. The number of rotatable bonds is 8. The van der Waals surface area contributed by atoms with Crippen LogP contribution >= 0.6 is 11.8 Å². The van der Waals surface area contributed by atoms with Gasteiger partial charge in [-0.1, -0.05) is 42.1 Å². The maximum atomic E-state index is 10.0. The molecule has 0 bridgehead atoms. The maximum absolute atomic E-state index is 10.0. The molecule has 1 aliphatic rings. The van der Waals surface area contributed by atoms with Crippen LogP contribution in [-0.2, 0) is 5.75 Å². The molecular weight excluding hydrogens is 420 g/mol. The normalized spacial score (nSPS) is 14.3. The van der Waals surface area contributed by atoms with E-state index in [9.17, 15) is 5.26 Å². The second-order valence-corrected chi connectivity index (χ2v) is 8.53. The molecule has 0 radical (unpaired) electrons. The summed E-state index contributed by atoms with van der Waals surface area (Å²) in [5.41, 5.74) is 3.14. The standard InChI is InChI=1S/C24H26N6OS/c25-16-21-22(20-8-4-9-26-17-20)27-24(32-18-19-6-2-1-3-7-19)28-23(21)30-13-11-29(12-14-30)10-5-15-31/h1-4,6-9,17,31H,5,10-15,18H2. The molecule has 0 aliphatic carbocycles. The van der Waals surface area contributed by atoms with Gasteiger partial charge in [0.15, 0.2) is 11.0 Å². The molecule has 1 aliphatic heterocycles. The van der Waals surface area contributed by atoms with Gasteiger partial charge in [-0.3, -0.25) is 9.88 Å². The first-order valence-corrected chi connectivity index (χ1v) is 11.7. The molecule has 1 fully saturated rings. The van der Waals surface area contributed by atoms with E-state index in [0.717, 1.165) is 50.5 Å². The van der Waals surface area contributed by atoms with E-state index < -0.39 is 0 Å². The number of thioether (sulfide) groups is 1. The monoisotopic (exact) mass is 446 g/mol. The number of pyridine rings is 1. The summed E-state index contributed by atoms with van der Waals surface area (Å²) in [4.78, 5) is 18.3. The van der Waals surface area contributed by atoms with Crippen LogP contribution in [0.5, 0.6) is 0 Å². The Kier molecular flexibility index (Phi) is 7.67. The minimum absolute atomic E-state index is 0.209. The Labute approximate surface area is 192 Å². The van der Waals surface area contributed by atoms with Crippen LogP contribution in [0.2, 0.25) is 0 Å². The molecule has 7 nitrogen and oxygen atoms in total. The molecule has 0 amide bonds. The highest BCUT2D eigenvalue weighted by Crippen LogP contribution is 2.32. The number of anilines is 1. The van der Waals surface area contributed by atoms with Gasteiger partial charge in [-0.15, -0.1) is 0 Å². The van der Waals surface area contributed by atoms with Crippen molar-refractivity contribution in [3.05, 3.63) is 66.0 Å². The van der Waals surface area contributed by atoms with Gasteiger partial charge in [-0.2, -0.15) is 5.26 Å². The van der Waals surface area contributed by atoms with Gasteiger partial charge >= 0.3 is 0 Å². The first-order valence-electron chi connectivity index (χ1n) is 10.8. The highest BCUT2D eigenvalue weighted by molar-refractivity contribution is 7.98. The van der Waals surface area contributed by atoms with Crippen molar-refractivity contribution in [1.29, 1.82) is 5.26 Å². The number of hydrogen-bond acceptors (Lipinski definition) is 8. The number of hydrogen-bond donors (Lipinski definition) is 1. The lowest BCUT2D eigenvalue weighted by Crippen LogP contribution is -2.47. The maximum Gasteiger partial charge on any atom is 0.190 e. The third kappa shape index (κ3) is 5.43. The lowest BCUT2D eigenvalue weighted by Gasteiger charge is -2.35. The van der Waals surface area contributed by atoms with E-state index in [4.69, 9.17) is 15.1 Å². The summed E-state index contributed by atoms with van der Waals surface area (Å²) in [6.07, 6.45) is 4.24. The molecule has 0 spiro atoms. The number of nitrogens with zero attached hydrogens (tertiary/aromatic N) is 6. The van der Waals surface area contributed by atoms with Crippen molar-refractivity contribution < 1.29 is 5.11 Å². The molecule has 1 N–H and O–H groups in total. The zero-order valence-electron chi connectivity index (χ0n) is 17.9. The molecule has 8 heteroatoms. The molecule has 0 atom stereocenters. The Balaban J connectivity index is 1.64. The highest BCUT2D eigenvalue weighted by Gasteiger charge is 2.24. The van der Waals surface area contributed by atoms with Gasteiger partial charge in [-0.05, 0) is 24.1 Å². The second-order valence-electron chi connectivity index (χ2n) is 7.59. The molecule has 0 saturated carbocycles. The van der Waals surface area contributed by atoms with Crippen molar-refractivity contribution in [2.24, 2.45) is 0 Å². The molecule has 32 heavy (non-hydrogen) atoms. The van der Waals surface area contributed by atoms with Gasteiger partial charge in [0, 0.05) is 63.0 Å². The van der Waals surface area contributed by atoms with Crippen LogP contribution in [0, 0.1) is 11.3 Å². The smallest absolute Gasteiger partial charge is 0.190 e. The van der Waals surface area contributed by atoms with Crippen molar-refractivity contribution in [3.63, 3.8) is 0 Å². The fraction of sp³-hybridized carbons (Fsp3) is 0.333. The first kappa shape index (κ1) is 22.2. The number of benzene rings is 1. The van der Waals surface area contributed by atoms with E-state index in [0.29, 0.717) is 22.2 Å². The summed E-state index contributed by atoms with van der Waals surface area (Å²) in [5, 5.41) is 19.8. The largest absolute Gasteiger partial charge is 0.396 e. The van der Waals surface area contributed by atoms with Crippen molar-refractivity contribution in [2.75, 3.05) is 44.2 Å². The molecule has 3 heterocycles. The SMILES string of the molecule is N#Cc1c(-c2cccnc2)nc(SCc2ccccc2)nc1N1CCN(CCCO)CC1. The Hall–Kier alpha value is -2.99. The number of piperazine rings is 1. The van der Waals surface area contributed by atoms with Gasteiger partial charge < -0.3 is 10.0 Å². The molecule has 0 unspecified atom stereocenters. The summed E-state index contributed by atoms with van der Waals surface area (Å²) in [5.74, 6) is 1.45. The third-order valence-corrected chi connectivity index (χ3v) is 6.35. The molecule has 3 aromatic rings. The van der Waals surface area contributed by atoms with Gasteiger partial charge in [0.2, 0.25) is 0 Å². The van der Waals surface area contributed by atoms with Crippen LogP contribution < -0.4 is 4.90 Å². The zero-order chi connectivity index (χ0) is 22.2. The van der Waals surface area contributed by atoms with E-state index in [1.54, 1.807) is 24.2 Å². The predicted molar refractivity (Wildman–Crippen MR) is 126 cm³/mol. The molecule has 4 rings (SSSR count). The van der Waals surface area contributed by atoms with Crippen molar-refractivity contribution in [3.8, 4) is 17.3 Å². The second kappa shape index (κ2) is 11.0. The van der Waals surface area contributed by atoms with E-state index in [1.165, 1.54) is 5.56 Å². The van der Waals surface area contributed by atoms with Crippen LogP contribution in [0.1, 0.15) is 17.5 Å². The Morgan fingerprint density at radius 2 is 1.84 bits per heavy atom. The summed E-state index contributed by atoms with van der Waals surface area (Å²) in [6, 6.07) is 16.4. The first-order chi connectivity index (χ1) is 15.8. The lowest BCUT2D eigenvalue weighted by atomic mass is 10.1. The van der Waals surface area contributed by atoms with Crippen molar-refractivity contribution in [2.45, 2.75) is 17.3 Å². The van der Waals surface area contributed by atoms with Gasteiger partial charge in [-0.25, -0.2) is 9.97 Å². The fourth-order valence-corrected chi connectivity index (χ4v) is 4.53. The molecule has 1 aromatic carbocycles. The number of aliphatic hydroxyl groups is 1. The zero-order valence-corrected chi connectivity index (χ0v) is 18.7. The van der Waals surface area contributed by atoms with E-state index in [2.05, 4.69) is 33.0 Å². The Morgan fingerprint density at radius 3 is 2.53 bits per heavy atom. The molecule has 2 aromatic heterocycles. The fourth-order valence-electron chi connectivity index (χ4n) is 3.74. The third-order valence-electron chi connectivity index (χ3n) is 5.43. The summed E-state index contributed by atoms with van der Waals surface area (Å²) in [6.45, 7) is 4.42. The van der Waals surface area contributed by atoms with E-state index >= 15 is 0 Å². The average Bonchev–Trinajstić information content (AvgIpc) is 2.87.